The minimum Gasteiger partial charge on any atom is -0.486 e. The molecule has 0 bridgehead atoms. The Kier molecular flexibility index (Phi) is 8.68. The second-order valence-electron chi connectivity index (χ2n) is 8.77. The summed E-state index contributed by atoms with van der Waals surface area (Å²) >= 11 is 2.81. The number of aromatic nitrogens is 3. The molecule has 0 saturated carbocycles. The fourth-order valence-electron chi connectivity index (χ4n) is 4.24. The monoisotopic (exact) mass is 528 g/mol. The lowest BCUT2D eigenvalue weighted by Crippen LogP contribution is -2.17. The van der Waals surface area contributed by atoms with Gasteiger partial charge >= 0.3 is 5.97 Å². The first kappa shape index (κ1) is 26.2. The van der Waals surface area contributed by atoms with Gasteiger partial charge in [0, 0.05) is 11.4 Å². The van der Waals surface area contributed by atoms with E-state index in [-0.39, 0.29) is 11.7 Å². The largest absolute Gasteiger partial charge is 0.486 e. The number of methoxy groups -OCH3 is 1. The fourth-order valence-corrected chi connectivity index (χ4v) is 6.36. The van der Waals surface area contributed by atoms with Crippen LogP contribution in [0.4, 0.5) is 5.00 Å². The average molecular weight is 529 g/mol. The molecular weight excluding hydrogens is 496 g/mol. The zero-order chi connectivity index (χ0) is 25.7. The average Bonchev–Trinajstić information content (AvgIpc) is 3.34. The molecule has 4 rings (SSSR count). The van der Waals surface area contributed by atoms with E-state index in [1.807, 2.05) is 29.7 Å². The summed E-state index contributed by atoms with van der Waals surface area (Å²) in [4.78, 5) is 26.5. The molecule has 0 spiro atoms. The predicted octanol–water partition coefficient (Wildman–Crippen LogP) is 5.34. The van der Waals surface area contributed by atoms with Crippen molar-refractivity contribution in [3.63, 3.8) is 0 Å². The van der Waals surface area contributed by atoms with Crippen LogP contribution in [0.2, 0.25) is 0 Å². The molecule has 0 radical (unpaired) electrons. The van der Waals surface area contributed by atoms with Gasteiger partial charge in [0.2, 0.25) is 5.91 Å². The molecule has 0 unspecified atom stereocenters. The van der Waals surface area contributed by atoms with Gasteiger partial charge in [-0.25, -0.2) is 4.79 Å². The number of carbonyl (C=O) groups is 2. The third-order valence-corrected chi connectivity index (χ3v) is 8.53. The van der Waals surface area contributed by atoms with Crippen molar-refractivity contribution in [3.05, 3.63) is 51.2 Å². The number of nitrogens with one attached hydrogen (secondary N) is 1. The van der Waals surface area contributed by atoms with E-state index in [9.17, 15) is 9.59 Å². The lowest BCUT2D eigenvalue weighted by Gasteiger charge is -2.10. The van der Waals surface area contributed by atoms with Crippen LogP contribution in [-0.4, -0.2) is 39.5 Å². The maximum Gasteiger partial charge on any atom is 0.341 e. The highest BCUT2D eigenvalue weighted by atomic mass is 32.2. The van der Waals surface area contributed by atoms with Crippen molar-refractivity contribution < 1.29 is 19.1 Å². The number of carbonyl (C=O) groups excluding carboxylic acids is 2. The minimum atomic E-state index is -0.392. The summed E-state index contributed by atoms with van der Waals surface area (Å²) in [6, 6.07) is 5.99. The summed E-state index contributed by atoms with van der Waals surface area (Å²) in [5.41, 5.74) is 3.93. The lowest BCUT2D eigenvalue weighted by atomic mass is 10.1. The number of ether oxygens (including phenoxy) is 2. The number of nitrogens with zero attached hydrogens (tertiary/aromatic N) is 3. The van der Waals surface area contributed by atoms with Gasteiger partial charge in [0.15, 0.2) is 11.0 Å². The number of fused-ring (bicyclic) bond motifs is 1. The third-order valence-electron chi connectivity index (χ3n) is 6.35. The van der Waals surface area contributed by atoms with Crippen molar-refractivity contribution >= 4 is 40.0 Å². The van der Waals surface area contributed by atoms with E-state index in [0.29, 0.717) is 34.7 Å². The Morgan fingerprint density at radius 2 is 1.94 bits per heavy atom. The van der Waals surface area contributed by atoms with Gasteiger partial charge in [0.05, 0.1) is 18.4 Å². The van der Waals surface area contributed by atoms with Crippen molar-refractivity contribution in [3.8, 4) is 5.75 Å². The SMILES string of the molecule is CCn1c(COc2ccc(C)c(C)c2)nnc1SCC(=O)Nc1sc2c(c1C(=O)OC)CCCCC2. The number of hydrogen-bond acceptors (Lipinski definition) is 8. The van der Waals surface area contributed by atoms with Crippen molar-refractivity contribution in [2.45, 2.75) is 71.2 Å². The van der Waals surface area contributed by atoms with Gasteiger partial charge in [-0.3, -0.25) is 4.79 Å². The Balaban J connectivity index is 1.40. The van der Waals surface area contributed by atoms with Gasteiger partial charge in [-0.05, 0) is 75.3 Å². The summed E-state index contributed by atoms with van der Waals surface area (Å²) in [5.74, 6) is 1.05. The van der Waals surface area contributed by atoms with Gasteiger partial charge in [-0.15, -0.1) is 21.5 Å². The molecular formula is C26H32N4O4S2. The van der Waals surface area contributed by atoms with Gasteiger partial charge in [0.25, 0.3) is 0 Å². The quantitative estimate of drug-likeness (QED) is 0.227. The zero-order valence-electron chi connectivity index (χ0n) is 21.2. The molecule has 2 aromatic heterocycles. The molecule has 0 aliphatic heterocycles. The molecule has 8 nitrogen and oxygen atoms in total. The fraction of sp³-hybridized carbons (Fsp3) is 0.462. The van der Waals surface area contributed by atoms with E-state index in [0.717, 1.165) is 43.4 Å². The van der Waals surface area contributed by atoms with Crippen LogP contribution in [0.15, 0.2) is 23.4 Å². The van der Waals surface area contributed by atoms with Crippen LogP contribution in [0.5, 0.6) is 5.75 Å². The van der Waals surface area contributed by atoms with Gasteiger partial charge < -0.3 is 19.4 Å². The highest BCUT2D eigenvalue weighted by Gasteiger charge is 2.26. The molecule has 3 aromatic rings. The number of rotatable bonds is 9. The smallest absolute Gasteiger partial charge is 0.341 e. The highest BCUT2D eigenvalue weighted by Crippen LogP contribution is 2.38. The minimum absolute atomic E-state index is 0.152. The summed E-state index contributed by atoms with van der Waals surface area (Å²) in [5, 5.41) is 12.7. The molecule has 192 valence electrons. The Hall–Kier alpha value is -2.85. The maximum atomic E-state index is 12.8. The number of benzene rings is 1. The first-order valence-electron chi connectivity index (χ1n) is 12.2. The summed E-state index contributed by atoms with van der Waals surface area (Å²) < 4.78 is 12.9. The van der Waals surface area contributed by atoms with E-state index in [4.69, 9.17) is 9.47 Å². The predicted molar refractivity (Wildman–Crippen MR) is 142 cm³/mol. The normalized spacial score (nSPS) is 13.1. The van der Waals surface area contributed by atoms with Crippen LogP contribution in [0.1, 0.15) is 63.9 Å². The van der Waals surface area contributed by atoms with E-state index in [2.05, 4.69) is 29.4 Å². The Bertz CT molecular complexity index is 1250. The number of thiophene rings is 1. The molecule has 2 heterocycles. The van der Waals surface area contributed by atoms with E-state index < -0.39 is 5.97 Å². The van der Waals surface area contributed by atoms with Crippen molar-refractivity contribution in [1.29, 1.82) is 0 Å². The van der Waals surface area contributed by atoms with Crippen LogP contribution < -0.4 is 10.1 Å². The number of amides is 1. The number of thioether (sulfide) groups is 1. The maximum absolute atomic E-state index is 12.8. The molecule has 0 atom stereocenters. The summed E-state index contributed by atoms with van der Waals surface area (Å²) in [7, 11) is 1.38. The van der Waals surface area contributed by atoms with Crippen molar-refractivity contribution in [2.75, 3.05) is 18.2 Å². The van der Waals surface area contributed by atoms with Crippen LogP contribution >= 0.6 is 23.1 Å². The summed E-state index contributed by atoms with van der Waals surface area (Å²) in [6.07, 6.45) is 5.06. The molecule has 1 N–H and O–H groups in total. The molecule has 0 saturated heterocycles. The van der Waals surface area contributed by atoms with Crippen molar-refractivity contribution in [1.82, 2.24) is 14.8 Å². The first-order valence-corrected chi connectivity index (χ1v) is 14.0. The van der Waals surface area contributed by atoms with Gasteiger partial charge in [-0.1, -0.05) is 24.2 Å². The highest BCUT2D eigenvalue weighted by molar-refractivity contribution is 7.99. The van der Waals surface area contributed by atoms with Crippen LogP contribution in [-0.2, 0) is 35.5 Å². The van der Waals surface area contributed by atoms with Crippen LogP contribution in [0, 0.1) is 13.8 Å². The summed E-state index contributed by atoms with van der Waals surface area (Å²) in [6.45, 7) is 7.08. The second kappa shape index (κ2) is 11.9. The Morgan fingerprint density at radius 1 is 1.14 bits per heavy atom. The number of esters is 1. The van der Waals surface area contributed by atoms with Gasteiger partial charge in [0.1, 0.15) is 17.4 Å². The Labute approximate surface area is 219 Å². The van der Waals surface area contributed by atoms with Crippen LogP contribution in [0.3, 0.4) is 0 Å². The third kappa shape index (κ3) is 5.92. The topological polar surface area (TPSA) is 95.3 Å². The molecule has 1 amide bonds. The first-order chi connectivity index (χ1) is 17.4. The molecule has 10 heteroatoms. The lowest BCUT2D eigenvalue weighted by molar-refractivity contribution is -0.113. The van der Waals surface area contributed by atoms with Crippen molar-refractivity contribution in [2.24, 2.45) is 0 Å². The van der Waals surface area contributed by atoms with E-state index >= 15 is 0 Å². The molecule has 1 aromatic carbocycles. The molecule has 36 heavy (non-hydrogen) atoms. The zero-order valence-corrected chi connectivity index (χ0v) is 22.8. The number of aryl methyl sites for hydroxylation is 3. The molecule has 1 aliphatic carbocycles. The number of hydrogen-bond donors (Lipinski definition) is 1. The second-order valence-corrected chi connectivity index (χ2v) is 10.8. The molecule has 1 aliphatic rings. The van der Waals surface area contributed by atoms with Crippen LogP contribution in [0.25, 0.3) is 0 Å². The van der Waals surface area contributed by atoms with E-state index in [1.165, 1.54) is 46.2 Å². The van der Waals surface area contributed by atoms with Gasteiger partial charge in [-0.2, -0.15) is 0 Å². The number of anilines is 1. The standard InChI is InChI=1S/C26H32N4O4S2/c1-5-30-21(14-34-18-12-11-16(2)17(3)13-18)28-29-26(30)35-15-22(31)27-24-23(25(32)33-4)19-9-7-6-8-10-20(19)36-24/h11-13H,5-10,14-15H2,1-4H3,(H,27,31). The van der Waals surface area contributed by atoms with E-state index in [1.54, 1.807) is 0 Å². The molecule has 0 fully saturated rings. The Morgan fingerprint density at radius 3 is 2.69 bits per heavy atom.